The molecule has 4 N–H and O–H groups in total. The van der Waals surface area contributed by atoms with Gasteiger partial charge in [0, 0.05) is 0 Å². The van der Waals surface area contributed by atoms with Crippen molar-refractivity contribution in [1.82, 2.24) is 0 Å². The number of carboxylic acid groups (broad SMARTS) is 1. The lowest BCUT2D eigenvalue weighted by Crippen LogP contribution is -2.61. The molecule has 1 saturated heterocycles. The summed E-state index contributed by atoms with van der Waals surface area (Å²) in [5, 5.41) is 39.6. The summed E-state index contributed by atoms with van der Waals surface area (Å²) in [5.41, 5.74) is 0.670. The van der Waals surface area contributed by atoms with E-state index in [1.54, 1.807) is 0 Å². The lowest BCUT2D eigenvalue weighted by molar-refractivity contribution is -0.309. The molecule has 180 valence electrons. The first kappa shape index (κ1) is 22.8. The lowest BCUT2D eigenvalue weighted by Gasteiger charge is -2.60. The number of allylic oxidation sites excluding steroid dienone is 2. The zero-order valence-corrected chi connectivity index (χ0v) is 19.1. The topological polar surface area (TPSA) is 116 Å². The van der Waals surface area contributed by atoms with Gasteiger partial charge >= 0.3 is 5.97 Å². The standard InChI is InChI=1S/C25H38O7/c1-24-9-3-4-16(24)15-6-5-13-12-14(7-11-25(13,2)17(15)8-10-24)31-23-20(28)18(26)19(27)21(32-23)22(29)30/h3,9,13-21,23,26-28H,4-8,10-12H2,1-2H3,(H,29,30)/t13-,14+,15-,16-,17-,18-,19-,20+,21-,23+,24-,25-/m0/s1. The van der Waals surface area contributed by atoms with E-state index in [0.29, 0.717) is 11.3 Å². The molecule has 5 rings (SSSR count). The molecule has 4 aliphatic carbocycles. The molecule has 0 aromatic rings. The van der Waals surface area contributed by atoms with E-state index < -0.39 is 36.7 Å². The van der Waals surface area contributed by atoms with E-state index >= 15 is 0 Å². The summed E-state index contributed by atoms with van der Waals surface area (Å²) in [6, 6.07) is 0. The first-order chi connectivity index (χ1) is 15.1. The van der Waals surface area contributed by atoms with Gasteiger partial charge in [0.1, 0.15) is 18.3 Å². The first-order valence-corrected chi connectivity index (χ1v) is 12.4. The number of hydrogen-bond acceptors (Lipinski definition) is 6. The molecule has 1 heterocycles. The van der Waals surface area contributed by atoms with E-state index in [2.05, 4.69) is 26.0 Å². The smallest absolute Gasteiger partial charge is 0.335 e. The third kappa shape index (κ3) is 3.47. The maximum Gasteiger partial charge on any atom is 0.335 e. The number of aliphatic hydroxyl groups excluding tert-OH is 3. The SMILES string of the molecule is C[C@]12CC[C@@H](O[C@@H]3O[C@H](C(=O)O)[C@@H](O)[C@H](O)[C@H]3O)C[C@@H]1CC[C@@H]1[C@@H]2CC[C@]2(C)C=CC[C@@H]12. The van der Waals surface area contributed by atoms with Crippen LogP contribution in [0.3, 0.4) is 0 Å². The largest absolute Gasteiger partial charge is 0.479 e. The van der Waals surface area contributed by atoms with E-state index in [1.807, 2.05) is 0 Å². The van der Waals surface area contributed by atoms with Crippen LogP contribution < -0.4 is 0 Å². The highest BCUT2D eigenvalue weighted by atomic mass is 16.7. The van der Waals surface area contributed by atoms with E-state index in [1.165, 1.54) is 32.1 Å². The van der Waals surface area contributed by atoms with Gasteiger partial charge in [-0.25, -0.2) is 4.79 Å². The average molecular weight is 451 g/mol. The Hall–Kier alpha value is -0.990. The number of aliphatic carboxylic acids is 1. The number of carboxylic acids is 1. The second kappa shape index (κ2) is 8.05. The normalized spacial score (nSPS) is 55.0. The van der Waals surface area contributed by atoms with Crippen LogP contribution in [-0.2, 0) is 14.3 Å². The summed E-state index contributed by atoms with van der Waals surface area (Å²) in [5.74, 6) is 1.47. The Bertz CT molecular complexity index is 769. The molecule has 0 spiro atoms. The highest BCUT2D eigenvalue weighted by Gasteiger charge is 2.57. The Labute approximate surface area is 189 Å². The molecule has 12 atom stereocenters. The molecular formula is C25H38O7. The molecule has 0 aromatic heterocycles. The van der Waals surface area contributed by atoms with Crippen LogP contribution in [0.1, 0.15) is 65.2 Å². The predicted octanol–water partition coefficient (Wildman–Crippen LogP) is 2.47. The van der Waals surface area contributed by atoms with Crippen LogP contribution in [0, 0.1) is 34.5 Å². The van der Waals surface area contributed by atoms with Gasteiger partial charge in [-0.3, -0.25) is 0 Å². The van der Waals surface area contributed by atoms with Crippen molar-refractivity contribution in [3.8, 4) is 0 Å². The van der Waals surface area contributed by atoms with Crippen molar-refractivity contribution in [2.24, 2.45) is 34.5 Å². The summed E-state index contributed by atoms with van der Waals surface area (Å²) >= 11 is 0. The van der Waals surface area contributed by atoms with Crippen molar-refractivity contribution in [2.45, 2.75) is 102 Å². The Balaban J connectivity index is 1.26. The fourth-order valence-corrected chi connectivity index (χ4v) is 8.18. The molecule has 0 bridgehead atoms. The van der Waals surface area contributed by atoms with Crippen LogP contribution in [0.4, 0.5) is 0 Å². The van der Waals surface area contributed by atoms with Crippen LogP contribution in [0.25, 0.3) is 0 Å². The minimum atomic E-state index is -1.69. The van der Waals surface area contributed by atoms with Gasteiger partial charge in [0.25, 0.3) is 0 Å². The van der Waals surface area contributed by atoms with Crippen LogP contribution in [-0.4, -0.2) is 63.2 Å². The molecule has 0 amide bonds. The molecular weight excluding hydrogens is 412 g/mol. The third-order valence-corrected chi connectivity index (χ3v) is 10.1. The minimum Gasteiger partial charge on any atom is -0.479 e. The van der Waals surface area contributed by atoms with Crippen molar-refractivity contribution >= 4 is 5.97 Å². The van der Waals surface area contributed by atoms with Crippen LogP contribution in [0.15, 0.2) is 12.2 Å². The summed E-state index contributed by atoms with van der Waals surface area (Å²) < 4.78 is 11.4. The van der Waals surface area contributed by atoms with E-state index in [4.69, 9.17) is 9.47 Å². The molecule has 0 radical (unpaired) electrons. The number of hydrogen-bond donors (Lipinski definition) is 4. The third-order valence-electron chi connectivity index (χ3n) is 10.1. The fourth-order valence-electron chi connectivity index (χ4n) is 8.18. The molecule has 0 unspecified atom stereocenters. The second-order valence-electron chi connectivity index (χ2n) is 11.6. The zero-order chi connectivity index (χ0) is 22.8. The maximum absolute atomic E-state index is 11.4. The Morgan fingerprint density at radius 3 is 2.53 bits per heavy atom. The molecule has 5 aliphatic rings. The summed E-state index contributed by atoms with van der Waals surface area (Å²) in [6.45, 7) is 4.92. The molecule has 4 fully saturated rings. The van der Waals surface area contributed by atoms with E-state index in [-0.39, 0.29) is 11.5 Å². The van der Waals surface area contributed by atoms with E-state index in [9.17, 15) is 25.2 Å². The highest BCUT2D eigenvalue weighted by Crippen LogP contribution is 2.65. The summed E-state index contributed by atoms with van der Waals surface area (Å²) in [4.78, 5) is 11.4. The van der Waals surface area contributed by atoms with Crippen molar-refractivity contribution in [2.75, 3.05) is 0 Å². The minimum absolute atomic E-state index is 0.150. The van der Waals surface area contributed by atoms with Gasteiger partial charge in [-0.15, -0.1) is 0 Å². The zero-order valence-electron chi connectivity index (χ0n) is 19.1. The van der Waals surface area contributed by atoms with E-state index in [0.717, 1.165) is 37.0 Å². The van der Waals surface area contributed by atoms with Gasteiger partial charge in [-0.05, 0) is 85.9 Å². The highest BCUT2D eigenvalue weighted by molar-refractivity contribution is 5.73. The number of carbonyl (C=O) groups is 1. The first-order valence-electron chi connectivity index (χ1n) is 12.4. The average Bonchev–Trinajstić information content (AvgIpc) is 3.16. The van der Waals surface area contributed by atoms with Gasteiger partial charge in [0.15, 0.2) is 12.4 Å². The molecule has 7 heteroatoms. The molecule has 32 heavy (non-hydrogen) atoms. The van der Waals surface area contributed by atoms with Gasteiger partial charge in [-0.2, -0.15) is 0 Å². The van der Waals surface area contributed by atoms with Crippen molar-refractivity contribution in [1.29, 1.82) is 0 Å². The quantitative estimate of drug-likeness (QED) is 0.386. The Morgan fingerprint density at radius 2 is 1.78 bits per heavy atom. The molecule has 3 saturated carbocycles. The van der Waals surface area contributed by atoms with Crippen molar-refractivity contribution < 1.29 is 34.7 Å². The number of rotatable bonds is 3. The monoisotopic (exact) mass is 450 g/mol. The van der Waals surface area contributed by atoms with Gasteiger partial charge < -0.3 is 29.9 Å². The lowest BCUT2D eigenvalue weighted by atomic mass is 9.45. The van der Waals surface area contributed by atoms with Gasteiger partial charge in [-0.1, -0.05) is 26.0 Å². The molecule has 7 nitrogen and oxygen atoms in total. The summed E-state index contributed by atoms with van der Waals surface area (Å²) in [6.07, 6.45) is 6.05. The maximum atomic E-state index is 11.4. The fraction of sp³-hybridized carbons (Fsp3) is 0.880. The Morgan fingerprint density at radius 1 is 1.00 bits per heavy atom. The number of aliphatic hydroxyl groups is 3. The molecule has 0 aromatic carbocycles. The number of ether oxygens (including phenoxy) is 2. The van der Waals surface area contributed by atoms with Crippen molar-refractivity contribution in [3.63, 3.8) is 0 Å². The summed E-state index contributed by atoms with van der Waals surface area (Å²) in [7, 11) is 0. The van der Waals surface area contributed by atoms with Gasteiger partial charge in [0.2, 0.25) is 0 Å². The van der Waals surface area contributed by atoms with Crippen LogP contribution in [0.2, 0.25) is 0 Å². The number of fused-ring (bicyclic) bond motifs is 5. The molecule has 1 aliphatic heterocycles. The Kier molecular flexibility index (Phi) is 5.73. The van der Waals surface area contributed by atoms with Crippen molar-refractivity contribution in [3.05, 3.63) is 12.2 Å². The van der Waals surface area contributed by atoms with Crippen LogP contribution >= 0.6 is 0 Å². The second-order valence-corrected chi connectivity index (χ2v) is 11.6. The predicted molar refractivity (Wildman–Crippen MR) is 115 cm³/mol. The van der Waals surface area contributed by atoms with Crippen LogP contribution in [0.5, 0.6) is 0 Å². The van der Waals surface area contributed by atoms with Gasteiger partial charge in [0.05, 0.1) is 6.10 Å².